The van der Waals surface area contributed by atoms with Crippen LogP contribution in [0.2, 0.25) is 0 Å². The lowest BCUT2D eigenvalue weighted by molar-refractivity contribution is -0.303. The lowest BCUT2D eigenvalue weighted by atomic mass is 10.2. The second-order valence-electron chi connectivity index (χ2n) is 5.94. The number of benzene rings is 1. The van der Waals surface area contributed by atoms with Gasteiger partial charge in [-0.05, 0) is 55.0 Å². The van der Waals surface area contributed by atoms with E-state index in [9.17, 15) is 22.8 Å². The number of carbonyl (C=O) groups is 2. The Bertz CT molecular complexity index is 927. The number of aromatic nitrogens is 1. The van der Waals surface area contributed by atoms with Crippen LogP contribution in [0.5, 0.6) is 0 Å². The number of hydrogen-bond acceptors (Lipinski definition) is 4. The summed E-state index contributed by atoms with van der Waals surface area (Å²) in [6.07, 6.45) is -0.826. The summed E-state index contributed by atoms with van der Waals surface area (Å²) in [7, 11) is 0. The molecule has 0 spiro atoms. The van der Waals surface area contributed by atoms with E-state index in [1.165, 1.54) is 31.2 Å². The number of pyridine rings is 1. The fourth-order valence-corrected chi connectivity index (χ4v) is 2.26. The average Bonchev–Trinajstić information content (AvgIpc) is 2.71. The smallest absolute Gasteiger partial charge is 0.404 e. The van der Waals surface area contributed by atoms with Crippen LogP contribution in [0.3, 0.4) is 0 Å². The van der Waals surface area contributed by atoms with Crippen LogP contribution >= 0.6 is 0 Å². The Balaban J connectivity index is 1.93. The minimum atomic E-state index is -4.90. The third-order valence-corrected chi connectivity index (χ3v) is 3.69. The number of halogens is 3. The first kappa shape index (κ1) is 22.5. The fraction of sp³-hybridized carbons (Fsp3) is 0.150. The molecule has 1 aromatic heterocycles. The molecule has 1 heterocycles. The maximum atomic E-state index is 12.4. The van der Waals surface area contributed by atoms with E-state index in [4.69, 9.17) is 0 Å². The van der Waals surface area contributed by atoms with Crippen molar-refractivity contribution in [2.75, 3.05) is 5.32 Å². The third-order valence-electron chi connectivity index (χ3n) is 3.69. The number of alkyl halides is 3. The average molecular weight is 420 g/mol. The van der Waals surface area contributed by atoms with Gasteiger partial charge in [0, 0.05) is 30.2 Å². The number of nitrogens with zero attached hydrogens (tertiary/aromatic N) is 1. The van der Waals surface area contributed by atoms with E-state index >= 15 is 0 Å². The summed E-state index contributed by atoms with van der Waals surface area (Å²) in [5.41, 5.74) is 1.33. The van der Waals surface area contributed by atoms with Gasteiger partial charge in [-0.3, -0.25) is 9.78 Å². The van der Waals surface area contributed by atoms with Gasteiger partial charge in [-0.15, -0.1) is 13.2 Å². The molecule has 0 bridgehead atoms. The van der Waals surface area contributed by atoms with Gasteiger partial charge in [-0.25, -0.2) is 4.79 Å². The highest BCUT2D eigenvalue weighted by Crippen LogP contribution is 2.22. The van der Waals surface area contributed by atoms with Crippen molar-refractivity contribution in [3.8, 4) is 0 Å². The van der Waals surface area contributed by atoms with E-state index < -0.39 is 24.1 Å². The van der Waals surface area contributed by atoms with Crippen LogP contribution in [0.4, 0.5) is 23.7 Å². The second-order valence-corrected chi connectivity index (χ2v) is 5.94. The van der Waals surface area contributed by atoms with Gasteiger partial charge in [0.1, 0.15) is 5.76 Å². The fourth-order valence-electron chi connectivity index (χ4n) is 2.26. The number of hydrogen-bond donors (Lipinski definition) is 3. The summed E-state index contributed by atoms with van der Waals surface area (Å²) in [5.74, 6) is -1.26. The molecule has 3 N–H and O–H groups in total. The van der Waals surface area contributed by atoms with Crippen LogP contribution in [-0.4, -0.2) is 23.3 Å². The van der Waals surface area contributed by atoms with Gasteiger partial charge in [-0.2, -0.15) is 0 Å². The molecular weight excluding hydrogens is 401 g/mol. The molecule has 1 aromatic carbocycles. The monoisotopic (exact) mass is 420 g/mol. The van der Waals surface area contributed by atoms with Gasteiger partial charge in [0.2, 0.25) is 0 Å². The highest BCUT2D eigenvalue weighted by molar-refractivity contribution is 5.96. The van der Waals surface area contributed by atoms with Gasteiger partial charge in [0.15, 0.2) is 0 Å². The van der Waals surface area contributed by atoms with Crippen molar-refractivity contribution in [2.45, 2.75) is 19.8 Å². The number of ether oxygens (including phenoxy) is 1. The summed E-state index contributed by atoms with van der Waals surface area (Å²) < 4.78 is 40.9. The quantitative estimate of drug-likeness (QED) is 0.465. The van der Waals surface area contributed by atoms with Crippen molar-refractivity contribution in [2.24, 2.45) is 0 Å². The predicted octanol–water partition coefficient (Wildman–Crippen LogP) is 4.09. The van der Waals surface area contributed by atoms with Crippen LogP contribution in [-0.2, 0) is 11.3 Å². The molecule has 30 heavy (non-hydrogen) atoms. The SMILES string of the molecule is C=C/C(OC(F)(F)F)=C(\C)NC(=O)c1ccc(NC(=O)NCc2ccncc2)cc1. The maximum absolute atomic E-state index is 12.4. The molecule has 0 unspecified atom stereocenters. The molecule has 0 radical (unpaired) electrons. The number of anilines is 1. The minimum Gasteiger partial charge on any atom is -0.404 e. The van der Waals surface area contributed by atoms with Gasteiger partial charge >= 0.3 is 12.4 Å². The van der Waals surface area contributed by atoms with E-state index in [0.29, 0.717) is 12.2 Å². The Hall–Kier alpha value is -3.82. The van der Waals surface area contributed by atoms with E-state index in [1.54, 1.807) is 24.5 Å². The van der Waals surface area contributed by atoms with Crippen molar-refractivity contribution in [1.29, 1.82) is 0 Å². The predicted molar refractivity (Wildman–Crippen MR) is 104 cm³/mol. The second kappa shape index (κ2) is 10.1. The standard InChI is InChI=1S/C20H19F3N4O3/c1-3-17(30-20(21,22)23)13(2)26-18(28)15-4-6-16(7-5-15)27-19(29)25-12-14-8-10-24-11-9-14/h3-11H,1,12H2,2H3,(H,26,28)(H2,25,27,29)/b17-13-. The van der Waals surface area contributed by atoms with Crippen molar-refractivity contribution in [1.82, 2.24) is 15.6 Å². The highest BCUT2D eigenvalue weighted by atomic mass is 19.4. The van der Waals surface area contributed by atoms with Gasteiger partial charge < -0.3 is 20.7 Å². The molecule has 3 amide bonds. The summed E-state index contributed by atoms with van der Waals surface area (Å²) in [4.78, 5) is 28.0. The first-order valence-electron chi connectivity index (χ1n) is 8.62. The van der Waals surface area contributed by atoms with Crippen molar-refractivity contribution < 1.29 is 27.5 Å². The van der Waals surface area contributed by atoms with Crippen LogP contribution in [0.25, 0.3) is 0 Å². The zero-order valence-corrected chi connectivity index (χ0v) is 15.9. The molecule has 0 aliphatic heterocycles. The Labute approximate surface area is 170 Å². The third kappa shape index (κ3) is 7.30. The molecule has 0 fully saturated rings. The Morgan fingerprint density at radius 3 is 2.33 bits per heavy atom. The number of allylic oxidation sites excluding steroid dienone is 2. The maximum Gasteiger partial charge on any atom is 0.573 e. The number of urea groups is 1. The van der Waals surface area contributed by atoms with Gasteiger partial charge in [0.05, 0.1) is 5.70 Å². The normalized spacial score (nSPS) is 11.7. The van der Waals surface area contributed by atoms with Crippen molar-refractivity contribution in [3.05, 3.63) is 84.0 Å². The van der Waals surface area contributed by atoms with Crippen LogP contribution in [0.15, 0.2) is 72.9 Å². The van der Waals surface area contributed by atoms with E-state index in [2.05, 4.69) is 32.3 Å². The van der Waals surface area contributed by atoms with Crippen LogP contribution < -0.4 is 16.0 Å². The molecule has 7 nitrogen and oxygen atoms in total. The topological polar surface area (TPSA) is 92.4 Å². The minimum absolute atomic E-state index is 0.148. The van der Waals surface area contributed by atoms with E-state index in [-0.39, 0.29) is 11.3 Å². The molecule has 0 aliphatic carbocycles. The molecule has 0 atom stereocenters. The van der Waals surface area contributed by atoms with E-state index in [1.807, 2.05) is 0 Å². The Kier molecular flexibility index (Phi) is 7.56. The first-order chi connectivity index (χ1) is 14.2. The highest BCUT2D eigenvalue weighted by Gasteiger charge is 2.32. The lowest BCUT2D eigenvalue weighted by Crippen LogP contribution is -2.28. The molecule has 2 aromatic rings. The van der Waals surface area contributed by atoms with Crippen LogP contribution in [0.1, 0.15) is 22.8 Å². The van der Waals surface area contributed by atoms with E-state index in [0.717, 1.165) is 11.6 Å². The molecule has 0 saturated heterocycles. The number of amides is 3. The molecular formula is C20H19F3N4O3. The largest absolute Gasteiger partial charge is 0.573 e. The summed E-state index contributed by atoms with van der Waals surface area (Å²) in [6.45, 7) is 4.80. The summed E-state index contributed by atoms with van der Waals surface area (Å²) in [5, 5.41) is 7.59. The Morgan fingerprint density at radius 1 is 1.13 bits per heavy atom. The van der Waals surface area contributed by atoms with Crippen LogP contribution in [0, 0.1) is 0 Å². The first-order valence-corrected chi connectivity index (χ1v) is 8.62. The summed E-state index contributed by atoms with van der Waals surface area (Å²) >= 11 is 0. The van der Waals surface area contributed by atoms with Crippen molar-refractivity contribution in [3.63, 3.8) is 0 Å². The summed E-state index contributed by atoms with van der Waals surface area (Å²) in [6, 6.07) is 8.89. The van der Waals surface area contributed by atoms with Gasteiger partial charge in [0.25, 0.3) is 5.91 Å². The molecule has 0 aliphatic rings. The lowest BCUT2D eigenvalue weighted by Gasteiger charge is -2.14. The zero-order valence-electron chi connectivity index (χ0n) is 15.9. The molecule has 2 rings (SSSR count). The van der Waals surface area contributed by atoms with Crippen molar-refractivity contribution >= 4 is 17.6 Å². The number of nitrogens with one attached hydrogen (secondary N) is 3. The van der Waals surface area contributed by atoms with Gasteiger partial charge in [-0.1, -0.05) is 6.58 Å². The number of rotatable bonds is 7. The number of carbonyl (C=O) groups excluding carboxylic acids is 2. The Morgan fingerprint density at radius 2 is 1.77 bits per heavy atom. The molecule has 0 saturated carbocycles. The molecule has 158 valence electrons. The zero-order chi connectivity index (χ0) is 22.1. The molecule has 10 heteroatoms.